The van der Waals surface area contributed by atoms with E-state index in [0.29, 0.717) is 17.1 Å². The van der Waals surface area contributed by atoms with Gasteiger partial charge < -0.3 is 4.90 Å². The minimum absolute atomic E-state index is 0.0740. The summed E-state index contributed by atoms with van der Waals surface area (Å²) in [5.74, 6) is -0.236. The highest BCUT2D eigenvalue weighted by atomic mass is 35.5. The molecule has 1 heterocycles. The first-order valence-electron chi connectivity index (χ1n) is 6.39. The molecule has 1 aromatic rings. The molecule has 0 spiro atoms. The van der Waals surface area contributed by atoms with E-state index >= 15 is 0 Å². The molecule has 19 heavy (non-hydrogen) atoms. The zero-order valence-corrected chi connectivity index (χ0v) is 12.0. The SMILES string of the molecule is CN(C)C(=O)[C@H]1CCCN1Cc1c(F)cccc1Cl. The van der Waals surface area contributed by atoms with Gasteiger partial charge in [0.15, 0.2) is 0 Å². The van der Waals surface area contributed by atoms with Gasteiger partial charge in [-0.05, 0) is 31.5 Å². The number of hydrogen-bond acceptors (Lipinski definition) is 2. The fraction of sp³-hybridized carbons (Fsp3) is 0.500. The van der Waals surface area contributed by atoms with Crippen LogP contribution in [-0.4, -0.2) is 42.4 Å². The Bertz CT molecular complexity index is 458. The lowest BCUT2D eigenvalue weighted by Gasteiger charge is -2.26. The lowest BCUT2D eigenvalue weighted by Crippen LogP contribution is -2.42. The van der Waals surface area contributed by atoms with E-state index in [-0.39, 0.29) is 17.8 Å². The number of benzene rings is 1. The van der Waals surface area contributed by atoms with Crippen LogP contribution in [0.1, 0.15) is 18.4 Å². The highest BCUT2D eigenvalue weighted by Gasteiger charge is 2.32. The zero-order valence-electron chi connectivity index (χ0n) is 11.2. The summed E-state index contributed by atoms with van der Waals surface area (Å²) in [6.45, 7) is 1.19. The van der Waals surface area contributed by atoms with Crippen LogP contribution >= 0.6 is 11.6 Å². The van der Waals surface area contributed by atoms with Crippen LogP contribution in [0.3, 0.4) is 0 Å². The van der Waals surface area contributed by atoms with Crippen molar-refractivity contribution in [1.29, 1.82) is 0 Å². The van der Waals surface area contributed by atoms with Gasteiger partial charge in [0, 0.05) is 31.2 Å². The third-order valence-corrected chi connectivity index (χ3v) is 3.87. The summed E-state index contributed by atoms with van der Waals surface area (Å²) < 4.78 is 13.8. The molecule has 0 bridgehead atoms. The van der Waals surface area contributed by atoms with E-state index < -0.39 is 0 Å². The molecule has 1 aromatic carbocycles. The summed E-state index contributed by atoms with van der Waals surface area (Å²) in [6.07, 6.45) is 1.78. The topological polar surface area (TPSA) is 23.6 Å². The first-order chi connectivity index (χ1) is 9.00. The first kappa shape index (κ1) is 14.3. The van der Waals surface area contributed by atoms with Crippen molar-refractivity contribution in [2.45, 2.75) is 25.4 Å². The highest BCUT2D eigenvalue weighted by molar-refractivity contribution is 6.31. The average molecular weight is 285 g/mol. The molecule has 0 aliphatic carbocycles. The van der Waals surface area contributed by atoms with Crippen LogP contribution in [0.4, 0.5) is 4.39 Å². The van der Waals surface area contributed by atoms with Gasteiger partial charge in [0.1, 0.15) is 5.82 Å². The lowest BCUT2D eigenvalue weighted by molar-refractivity contribution is -0.133. The van der Waals surface area contributed by atoms with Crippen LogP contribution in [0, 0.1) is 5.82 Å². The second-order valence-corrected chi connectivity index (χ2v) is 5.47. The maximum atomic E-state index is 13.8. The van der Waals surface area contributed by atoms with E-state index in [1.165, 1.54) is 6.07 Å². The number of carbonyl (C=O) groups is 1. The Hall–Kier alpha value is -1.13. The predicted octanol–water partition coefficient (Wildman–Crippen LogP) is 2.53. The van der Waals surface area contributed by atoms with Gasteiger partial charge >= 0.3 is 0 Å². The van der Waals surface area contributed by atoms with E-state index in [9.17, 15) is 9.18 Å². The minimum atomic E-state index is -0.310. The van der Waals surface area contributed by atoms with E-state index in [1.54, 1.807) is 31.1 Å². The van der Waals surface area contributed by atoms with Crippen molar-refractivity contribution >= 4 is 17.5 Å². The lowest BCUT2D eigenvalue weighted by atomic mass is 10.1. The van der Waals surface area contributed by atoms with Crippen molar-refractivity contribution in [3.63, 3.8) is 0 Å². The Morgan fingerprint density at radius 3 is 2.89 bits per heavy atom. The van der Waals surface area contributed by atoms with Crippen LogP contribution in [0.2, 0.25) is 5.02 Å². The Labute approximate surface area is 117 Å². The standard InChI is InChI=1S/C14H18ClFN2O/c1-17(2)14(19)13-7-4-8-18(13)9-10-11(15)5-3-6-12(10)16/h3,5-6,13H,4,7-9H2,1-2H3/t13-/m1/s1. The van der Waals surface area contributed by atoms with Gasteiger partial charge in [-0.1, -0.05) is 17.7 Å². The second-order valence-electron chi connectivity index (χ2n) is 5.06. The fourth-order valence-corrected chi connectivity index (χ4v) is 2.70. The number of hydrogen-bond donors (Lipinski definition) is 0. The Morgan fingerprint density at radius 1 is 1.53 bits per heavy atom. The zero-order chi connectivity index (χ0) is 14.0. The van der Waals surface area contributed by atoms with Crippen molar-refractivity contribution in [2.24, 2.45) is 0 Å². The molecule has 0 unspecified atom stereocenters. The maximum Gasteiger partial charge on any atom is 0.239 e. The number of nitrogens with zero attached hydrogens (tertiary/aromatic N) is 2. The van der Waals surface area contributed by atoms with E-state index in [0.717, 1.165) is 19.4 Å². The number of likely N-dealkylation sites (tertiary alicyclic amines) is 1. The molecule has 1 aliphatic heterocycles. The van der Waals surface area contributed by atoms with E-state index in [2.05, 4.69) is 0 Å². The van der Waals surface area contributed by atoms with Crippen molar-refractivity contribution < 1.29 is 9.18 Å². The summed E-state index contributed by atoms with van der Waals surface area (Å²) >= 11 is 6.04. The smallest absolute Gasteiger partial charge is 0.239 e. The summed E-state index contributed by atoms with van der Waals surface area (Å²) in [6, 6.07) is 4.51. The van der Waals surface area contributed by atoms with Crippen LogP contribution < -0.4 is 0 Å². The normalized spacial score (nSPS) is 19.7. The molecule has 5 heteroatoms. The largest absolute Gasteiger partial charge is 0.347 e. The third kappa shape index (κ3) is 3.07. The first-order valence-corrected chi connectivity index (χ1v) is 6.76. The summed E-state index contributed by atoms with van der Waals surface area (Å²) in [4.78, 5) is 15.7. The number of amides is 1. The second kappa shape index (κ2) is 5.88. The maximum absolute atomic E-state index is 13.8. The van der Waals surface area contributed by atoms with Crippen molar-refractivity contribution in [2.75, 3.05) is 20.6 Å². The molecule has 0 radical (unpaired) electrons. The summed E-state index contributed by atoms with van der Waals surface area (Å²) in [5.41, 5.74) is 0.475. The number of carbonyl (C=O) groups excluding carboxylic acids is 1. The van der Waals surface area contributed by atoms with Crippen molar-refractivity contribution in [3.05, 3.63) is 34.6 Å². The predicted molar refractivity (Wildman–Crippen MR) is 73.5 cm³/mol. The molecule has 0 N–H and O–H groups in total. The molecule has 2 rings (SSSR count). The number of likely N-dealkylation sites (N-methyl/N-ethyl adjacent to an activating group) is 1. The van der Waals surface area contributed by atoms with Crippen LogP contribution in [0.15, 0.2) is 18.2 Å². The number of halogens is 2. The Morgan fingerprint density at radius 2 is 2.26 bits per heavy atom. The summed E-state index contributed by atoms with van der Waals surface area (Å²) in [5, 5.41) is 0.419. The summed E-state index contributed by atoms with van der Waals surface area (Å²) in [7, 11) is 3.49. The molecule has 1 saturated heterocycles. The van der Waals surface area contributed by atoms with E-state index in [1.807, 2.05) is 4.90 Å². The van der Waals surface area contributed by atoms with Crippen LogP contribution in [0.25, 0.3) is 0 Å². The minimum Gasteiger partial charge on any atom is -0.347 e. The van der Waals surface area contributed by atoms with Gasteiger partial charge in [-0.25, -0.2) is 4.39 Å². The van der Waals surface area contributed by atoms with Gasteiger partial charge in [-0.3, -0.25) is 9.69 Å². The monoisotopic (exact) mass is 284 g/mol. The molecule has 0 saturated carbocycles. The van der Waals surface area contributed by atoms with Gasteiger partial charge in [0.05, 0.1) is 6.04 Å². The molecule has 1 amide bonds. The quantitative estimate of drug-likeness (QED) is 0.852. The molecule has 1 aliphatic rings. The molecule has 1 fully saturated rings. The van der Waals surface area contributed by atoms with Gasteiger partial charge in [-0.2, -0.15) is 0 Å². The fourth-order valence-electron chi connectivity index (χ4n) is 2.48. The Balaban J connectivity index is 2.16. The van der Waals surface area contributed by atoms with Gasteiger partial charge in [0.2, 0.25) is 5.91 Å². The molecular formula is C14H18ClFN2O. The highest BCUT2D eigenvalue weighted by Crippen LogP contribution is 2.26. The van der Waals surface area contributed by atoms with E-state index in [4.69, 9.17) is 11.6 Å². The van der Waals surface area contributed by atoms with Crippen LogP contribution in [0.5, 0.6) is 0 Å². The molecule has 104 valence electrons. The third-order valence-electron chi connectivity index (χ3n) is 3.51. The van der Waals surface area contributed by atoms with Gasteiger partial charge in [-0.15, -0.1) is 0 Å². The van der Waals surface area contributed by atoms with Crippen LogP contribution in [-0.2, 0) is 11.3 Å². The van der Waals surface area contributed by atoms with Crippen molar-refractivity contribution in [3.8, 4) is 0 Å². The number of rotatable bonds is 3. The molecular weight excluding hydrogens is 267 g/mol. The molecule has 0 aromatic heterocycles. The molecule has 1 atom stereocenters. The van der Waals surface area contributed by atoms with Crippen molar-refractivity contribution in [1.82, 2.24) is 9.80 Å². The molecule has 3 nitrogen and oxygen atoms in total. The Kier molecular flexibility index (Phi) is 4.42. The average Bonchev–Trinajstić information content (AvgIpc) is 2.81. The van der Waals surface area contributed by atoms with Gasteiger partial charge in [0.25, 0.3) is 0 Å².